The molecule has 0 saturated heterocycles. The van der Waals surface area contributed by atoms with E-state index in [1.807, 2.05) is 13.0 Å². The molecule has 0 aliphatic rings. The van der Waals surface area contributed by atoms with E-state index in [9.17, 15) is 8.42 Å². The number of aryl methyl sites for hydroxylation is 1. The Morgan fingerprint density at radius 2 is 1.89 bits per heavy atom. The van der Waals surface area contributed by atoms with Gasteiger partial charge in [0.05, 0.1) is 17.2 Å². The van der Waals surface area contributed by atoms with Crippen molar-refractivity contribution in [2.75, 3.05) is 13.4 Å². The minimum absolute atomic E-state index is 0.600. The molecule has 0 aromatic heterocycles. The molecule has 0 fully saturated rings. The Hall–Kier alpha value is -0.740. The third-order valence-corrected chi connectivity index (χ3v) is 6.35. The van der Waals surface area contributed by atoms with Crippen molar-refractivity contribution in [2.24, 2.45) is 0 Å². The Balaban J connectivity index is 3.20. The molecule has 1 unspecified atom stereocenters. The summed E-state index contributed by atoms with van der Waals surface area (Å²) in [6.45, 7) is 5.18. The number of hydrogen-bond acceptors (Lipinski definition) is 3. The Morgan fingerprint density at radius 3 is 2.28 bits per heavy atom. The van der Waals surface area contributed by atoms with Gasteiger partial charge in [-0.15, -0.1) is 11.6 Å². The lowest BCUT2D eigenvalue weighted by Crippen LogP contribution is -2.35. The molecule has 0 aliphatic carbocycles. The van der Waals surface area contributed by atoms with E-state index in [1.165, 1.54) is 6.26 Å². The standard InChI is InChI=1S/C13H19ClO3S/c1-9-8-10(6-7-11(9)17-4)12(14)13(2,3)18(5,15)16/h6-8,12H,1-5H3. The summed E-state index contributed by atoms with van der Waals surface area (Å²) in [6, 6.07) is 5.47. The molecule has 18 heavy (non-hydrogen) atoms. The molecule has 1 aromatic carbocycles. The maximum Gasteiger partial charge on any atom is 0.154 e. The van der Waals surface area contributed by atoms with Crippen molar-refractivity contribution in [2.45, 2.75) is 30.9 Å². The average Bonchev–Trinajstić information content (AvgIpc) is 2.26. The maximum atomic E-state index is 11.8. The number of benzene rings is 1. The highest BCUT2D eigenvalue weighted by Crippen LogP contribution is 2.38. The Bertz CT molecular complexity index is 535. The van der Waals surface area contributed by atoms with E-state index in [4.69, 9.17) is 16.3 Å². The van der Waals surface area contributed by atoms with Gasteiger partial charge in [0.2, 0.25) is 0 Å². The summed E-state index contributed by atoms with van der Waals surface area (Å²) < 4.78 is 27.7. The Morgan fingerprint density at radius 1 is 1.33 bits per heavy atom. The van der Waals surface area contributed by atoms with Crippen molar-refractivity contribution in [3.8, 4) is 5.75 Å². The topological polar surface area (TPSA) is 43.4 Å². The van der Waals surface area contributed by atoms with E-state index in [2.05, 4.69) is 0 Å². The molecule has 0 amide bonds. The molecule has 1 rings (SSSR count). The normalized spacial score (nSPS) is 14.3. The highest BCUT2D eigenvalue weighted by atomic mass is 35.5. The summed E-state index contributed by atoms with van der Waals surface area (Å²) in [5, 5.41) is -0.600. The Kier molecular flexibility index (Phi) is 4.34. The van der Waals surface area contributed by atoms with Crippen LogP contribution in [0.1, 0.15) is 30.4 Å². The van der Waals surface area contributed by atoms with Gasteiger partial charge in [0.25, 0.3) is 0 Å². The van der Waals surface area contributed by atoms with Gasteiger partial charge < -0.3 is 4.74 Å². The first-order chi connectivity index (χ1) is 8.11. The highest BCUT2D eigenvalue weighted by Gasteiger charge is 2.38. The van der Waals surface area contributed by atoms with E-state index in [1.54, 1.807) is 33.1 Å². The summed E-state index contributed by atoms with van der Waals surface area (Å²) in [5.74, 6) is 0.764. The summed E-state index contributed by atoms with van der Waals surface area (Å²) in [4.78, 5) is 0. The number of sulfone groups is 1. The second kappa shape index (κ2) is 5.10. The predicted octanol–water partition coefficient (Wildman–Crippen LogP) is 3.11. The van der Waals surface area contributed by atoms with Gasteiger partial charge in [-0.25, -0.2) is 8.42 Å². The van der Waals surface area contributed by atoms with Crippen LogP contribution in [0.2, 0.25) is 0 Å². The van der Waals surface area contributed by atoms with Crippen molar-refractivity contribution >= 4 is 21.4 Å². The fourth-order valence-electron chi connectivity index (χ4n) is 1.65. The maximum absolute atomic E-state index is 11.8. The quantitative estimate of drug-likeness (QED) is 0.800. The van der Waals surface area contributed by atoms with E-state index >= 15 is 0 Å². The molecule has 102 valence electrons. The second-order valence-electron chi connectivity index (χ2n) is 4.97. The van der Waals surface area contributed by atoms with E-state index in [0.29, 0.717) is 0 Å². The molecule has 0 radical (unpaired) electrons. The molecular formula is C13H19ClO3S. The van der Waals surface area contributed by atoms with Crippen molar-refractivity contribution in [3.63, 3.8) is 0 Å². The zero-order chi connectivity index (χ0) is 14.1. The van der Waals surface area contributed by atoms with Gasteiger partial charge in [0.15, 0.2) is 9.84 Å². The fraction of sp³-hybridized carbons (Fsp3) is 0.538. The molecule has 0 heterocycles. The zero-order valence-electron chi connectivity index (χ0n) is 11.3. The van der Waals surface area contributed by atoms with Crippen LogP contribution in [0.25, 0.3) is 0 Å². The SMILES string of the molecule is COc1ccc(C(Cl)C(C)(C)S(C)(=O)=O)cc1C. The number of ether oxygens (including phenoxy) is 1. The van der Waals surface area contributed by atoms with Crippen LogP contribution in [0.15, 0.2) is 18.2 Å². The van der Waals surface area contributed by atoms with E-state index < -0.39 is 20.0 Å². The number of hydrogen-bond donors (Lipinski definition) is 0. The van der Waals surface area contributed by atoms with Crippen LogP contribution in [0.4, 0.5) is 0 Å². The average molecular weight is 291 g/mol. The molecule has 5 heteroatoms. The molecule has 3 nitrogen and oxygen atoms in total. The lowest BCUT2D eigenvalue weighted by atomic mass is 9.99. The van der Waals surface area contributed by atoms with Gasteiger partial charge in [-0.2, -0.15) is 0 Å². The van der Waals surface area contributed by atoms with Gasteiger partial charge >= 0.3 is 0 Å². The van der Waals surface area contributed by atoms with Crippen LogP contribution in [0.3, 0.4) is 0 Å². The van der Waals surface area contributed by atoms with Crippen molar-refractivity contribution < 1.29 is 13.2 Å². The summed E-state index contributed by atoms with van der Waals surface area (Å²) in [7, 11) is -1.64. The number of rotatable bonds is 4. The Labute approximate surface area is 114 Å². The molecule has 1 atom stereocenters. The second-order valence-corrected chi connectivity index (χ2v) is 8.00. The van der Waals surface area contributed by atoms with Crippen LogP contribution in [0.5, 0.6) is 5.75 Å². The molecule has 0 aliphatic heterocycles. The summed E-state index contributed by atoms with van der Waals surface area (Å²) in [6.07, 6.45) is 1.21. The van der Waals surface area contributed by atoms with E-state index in [-0.39, 0.29) is 0 Å². The van der Waals surface area contributed by atoms with Crippen molar-refractivity contribution in [1.82, 2.24) is 0 Å². The smallest absolute Gasteiger partial charge is 0.154 e. The third kappa shape index (κ3) is 2.81. The van der Waals surface area contributed by atoms with Gasteiger partial charge in [0.1, 0.15) is 5.75 Å². The van der Waals surface area contributed by atoms with E-state index in [0.717, 1.165) is 16.9 Å². The van der Waals surface area contributed by atoms with Crippen LogP contribution in [-0.2, 0) is 9.84 Å². The first kappa shape index (κ1) is 15.3. The molecule has 1 aromatic rings. The largest absolute Gasteiger partial charge is 0.496 e. The molecule has 0 spiro atoms. The van der Waals surface area contributed by atoms with Gasteiger partial charge in [-0.1, -0.05) is 12.1 Å². The van der Waals surface area contributed by atoms with Crippen molar-refractivity contribution in [1.29, 1.82) is 0 Å². The monoisotopic (exact) mass is 290 g/mol. The fourth-order valence-corrected chi connectivity index (χ4v) is 2.78. The minimum Gasteiger partial charge on any atom is -0.496 e. The summed E-state index contributed by atoms with van der Waals surface area (Å²) in [5.41, 5.74) is 1.72. The number of methoxy groups -OCH3 is 1. The van der Waals surface area contributed by atoms with Crippen LogP contribution >= 0.6 is 11.6 Å². The van der Waals surface area contributed by atoms with Gasteiger partial charge in [-0.3, -0.25) is 0 Å². The van der Waals surface area contributed by atoms with Crippen LogP contribution in [0, 0.1) is 6.92 Å². The first-order valence-electron chi connectivity index (χ1n) is 5.59. The number of alkyl halides is 1. The lowest BCUT2D eigenvalue weighted by molar-refractivity contribution is 0.411. The van der Waals surface area contributed by atoms with Crippen molar-refractivity contribution in [3.05, 3.63) is 29.3 Å². The molecule has 0 N–H and O–H groups in total. The highest BCUT2D eigenvalue weighted by molar-refractivity contribution is 7.92. The van der Waals surface area contributed by atoms with Gasteiger partial charge in [-0.05, 0) is 38.0 Å². The summed E-state index contributed by atoms with van der Waals surface area (Å²) >= 11 is 6.33. The molecule has 0 saturated carbocycles. The molecular weight excluding hydrogens is 272 g/mol. The van der Waals surface area contributed by atoms with Crippen LogP contribution in [-0.4, -0.2) is 26.5 Å². The number of halogens is 1. The lowest BCUT2D eigenvalue weighted by Gasteiger charge is -2.28. The first-order valence-corrected chi connectivity index (χ1v) is 7.92. The minimum atomic E-state index is -3.24. The predicted molar refractivity (Wildman–Crippen MR) is 75.2 cm³/mol. The zero-order valence-corrected chi connectivity index (χ0v) is 12.9. The molecule has 0 bridgehead atoms. The van der Waals surface area contributed by atoms with Crippen LogP contribution < -0.4 is 4.74 Å². The van der Waals surface area contributed by atoms with Gasteiger partial charge in [0, 0.05) is 6.26 Å². The third-order valence-electron chi connectivity index (χ3n) is 3.28.